The van der Waals surface area contributed by atoms with Crippen molar-refractivity contribution in [3.05, 3.63) is 29.8 Å². The molecule has 2 fully saturated rings. The number of anilines is 2. The normalized spacial score (nSPS) is 21.2. The highest BCUT2D eigenvalue weighted by Gasteiger charge is 2.49. The third kappa shape index (κ3) is 4.03. The van der Waals surface area contributed by atoms with Gasteiger partial charge in [0.25, 0.3) is 0 Å². The molecular formula is C22H27N5O4. The molecule has 1 aliphatic carbocycles. The maximum Gasteiger partial charge on any atom is 0.343 e. The van der Waals surface area contributed by atoms with Gasteiger partial charge >= 0.3 is 6.03 Å². The van der Waals surface area contributed by atoms with Gasteiger partial charge in [-0.15, -0.1) is 0 Å². The van der Waals surface area contributed by atoms with Crippen LogP contribution in [0.2, 0.25) is 0 Å². The molecule has 2 aromatic rings. The molecule has 1 spiro atoms. The van der Waals surface area contributed by atoms with Crippen LogP contribution in [0.1, 0.15) is 31.7 Å². The first kappa shape index (κ1) is 20.0. The zero-order valence-corrected chi connectivity index (χ0v) is 17.8. The van der Waals surface area contributed by atoms with Crippen LogP contribution >= 0.6 is 0 Å². The number of nitrogens with one attached hydrogen (secondary N) is 2. The molecule has 164 valence electrons. The number of amides is 2. The van der Waals surface area contributed by atoms with Crippen LogP contribution in [0.25, 0.3) is 11.4 Å². The number of hydrogen-bond acceptors (Lipinski definition) is 7. The topological polar surface area (TPSA) is 97.8 Å². The summed E-state index contributed by atoms with van der Waals surface area (Å²) in [5.74, 6) is 2.29. The van der Waals surface area contributed by atoms with Crippen molar-refractivity contribution in [1.29, 1.82) is 0 Å². The highest BCUT2D eigenvalue weighted by atomic mass is 16.6. The molecular weight excluding hydrogens is 398 g/mol. The van der Waals surface area contributed by atoms with E-state index in [0.717, 1.165) is 49.2 Å². The lowest BCUT2D eigenvalue weighted by Gasteiger charge is -2.37. The SMILES string of the molecule is CONC(=O)Nc1ccc(-c2nc3c(c(N4CCOCC4C)n2)CCC2(CC2)O3)cc1. The van der Waals surface area contributed by atoms with E-state index in [1.54, 1.807) is 0 Å². The zero-order chi connectivity index (χ0) is 21.4. The molecule has 31 heavy (non-hydrogen) atoms. The van der Waals surface area contributed by atoms with Gasteiger partial charge in [-0.3, -0.25) is 4.84 Å². The Morgan fingerprint density at radius 3 is 2.74 bits per heavy atom. The average Bonchev–Trinajstić information content (AvgIpc) is 3.52. The number of benzene rings is 1. The molecule has 2 amide bonds. The monoisotopic (exact) mass is 425 g/mol. The third-order valence-electron chi connectivity index (χ3n) is 6.13. The third-order valence-corrected chi connectivity index (χ3v) is 6.13. The van der Waals surface area contributed by atoms with Crippen LogP contribution in [0.4, 0.5) is 16.3 Å². The second-order valence-electron chi connectivity index (χ2n) is 8.39. The van der Waals surface area contributed by atoms with Crippen molar-refractivity contribution in [2.75, 3.05) is 37.1 Å². The van der Waals surface area contributed by atoms with Gasteiger partial charge in [0.05, 0.1) is 31.9 Å². The number of hydrogen-bond donors (Lipinski definition) is 2. The Hall–Kier alpha value is -2.91. The highest BCUT2D eigenvalue weighted by molar-refractivity contribution is 5.88. The Morgan fingerprint density at radius 2 is 2.03 bits per heavy atom. The van der Waals surface area contributed by atoms with Crippen LogP contribution in [0, 0.1) is 0 Å². The molecule has 1 atom stereocenters. The maximum absolute atomic E-state index is 11.6. The summed E-state index contributed by atoms with van der Waals surface area (Å²) in [5, 5.41) is 2.70. The minimum absolute atomic E-state index is 0.0188. The number of ether oxygens (including phenoxy) is 2. The van der Waals surface area contributed by atoms with E-state index in [-0.39, 0.29) is 11.6 Å². The number of urea groups is 1. The van der Waals surface area contributed by atoms with Gasteiger partial charge in [0.15, 0.2) is 5.82 Å². The number of hydroxylamine groups is 1. The van der Waals surface area contributed by atoms with Crippen molar-refractivity contribution in [2.45, 2.75) is 44.2 Å². The maximum atomic E-state index is 11.6. The van der Waals surface area contributed by atoms with Crippen molar-refractivity contribution in [1.82, 2.24) is 15.4 Å². The van der Waals surface area contributed by atoms with E-state index in [0.29, 0.717) is 30.6 Å². The molecule has 9 heteroatoms. The van der Waals surface area contributed by atoms with E-state index in [1.807, 2.05) is 24.3 Å². The molecule has 1 saturated carbocycles. The van der Waals surface area contributed by atoms with Crippen LogP contribution in [0.15, 0.2) is 24.3 Å². The predicted octanol–water partition coefficient (Wildman–Crippen LogP) is 2.91. The number of morpholine rings is 1. The minimum atomic E-state index is -0.438. The molecule has 5 rings (SSSR count). The van der Waals surface area contributed by atoms with E-state index >= 15 is 0 Å². The Bertz CT molecular complexity index is 977. The molecule has 3 heterocycles. The molecule has 1 unspecified atom stereocenters. The number of fused-ring (bicyclic) bond motifs is 1. The van der Waals surface area contributed by atoms with Crippen LogP contribution in [-0.4, -0.2) is 54.5 Å². The van der Waals surface area contributed by atoms with E-state index in [1.165, 1.54) is 7.11 Å². The van der Waals surface area contributed by atoms with Gasteiger partial charge in [-0.05, 0) is 56.9 Å². The number of nitrogens with zero attached hydrogens (tertiary/aromatic N) is 3. The largest absolute Gasteiger partial charge is 0.471 e. The Kier molecular flexibility index (Phi) is 5.15. The summed E-state index contributed by atoms with van der Waals surface area (Å²) in [6.07, 6.45) is 4.16. The van der Waals surface area contributed by atoms with Gasteiger partial charge in [-0.25, -0.2) is 15.3 Å². The van der Waals surface area contributed by atoms with E-state index < -0.39 is 6.03 Å². The second-order valence-corrected chi connectivity index (χ2v) is 8.39. The Balaban J connectivity index is 1.48. The lowest BCUT2D eigenvalue weighted by molar-refractivity contribution is 0.0978. The summed E-state index contributed by atoms with van der Waals surface area (Å²) in [6.45, 7) is 4.33. The quantitative estimate of drug-likeness (QED) is 0.727. The summed E-state index contributed by atoms with van der Waals surface area (Å²) in [5.41, 5.74) is 4.82. The summed E-state index contributed by atoms with van der Waals surface area (Å²) >= 11 is 0. The predicted molar refractivity (Wildman–Crippen MR) is 115 cm³/mol. The van der Waals surface area contributed by atoms with Crippen molar-refractivity contribution in [2.24, 2.45) is 0 Å². The Labute approximate surface area is 181 Å². The minimum Gasteiger partial charge on any atom is -0.471 e. The van der Waals surface area contributed by atoms with E-state index in [4.69, 9.17) is 19.4 Å². The smallest absolute Gasteiger partial charge is 0.343 e. The van der Waals surface area contributed by atoms with E-state index in [9.17, 15) is 4.79 Å². The number of carbonyl (C=O) groups excluding carboxylic acids is 1. The molecule has 0 radical (unpaired) electrons. The standard InChI is InChI=1S/C22H27N5O4/c1-14-13-30-12-11-27(14)19-17-7-8-22(9-10-22)31-20(17)25-18(24-19)15-3-5-16(6-4-15)23-21(28)26-29-2/h3-6,14H,7-13H2,1-2H3,(H2,23,26,28). The van der Waals surface area contributed by atoms with Gasteiger partial charge < -0.3 is 19.7 Å². The molecule has 3 aliphatic rings. The fraction of sp³-hybridized carbons (Fsp3) is 0.500. The number of rotatable bonds is 4. The van der Waals surface area contributed by atoms with Crippen molar-refractivity contribution in [3.63, 3.8) is 0 Å². The van der Waals surface area contributed by atoms with Crippen LogP contribution < -0.4 is 20.4 Å². The van der Waals surface area contributed by atoms with Gasteiger partial charge in [-0.2, -0.15) is 4.98 Å². The number of aromatic nitrogens is 2. The van der Waals surface area contributed by atoms with E-state index in [2.05, 4.69) is 27.5 Å². The first-order chi connectivity index (χ1) is 15.1. The first-order valence-electron chi connectivity index (χ1n) is 10.7. The van der Waals surface area contributed by atoms with Crippen LogP contribution in [0.3, 0.4) is 0 Å². The summed E-state index contributed by atoms with van der Waals surface area (Å²) in [6, 6.07) is 7.22. The second kappa shape index (κ2) is 7.97. The summed E-state index contributed by atoms with van der Waals surface area (Å²) < 4.78 is 12.0. The fourth-order valence-electron chi connectivity index (χ4n) is 4.22. The van der Waals surface area contributed by atoms with Crippen LogP contribution in [0.5, 0.6) is 5.88 Å². The van der Waals surface area contributed by atoms with Crippen molar-refractivity contribution in [3.8, 4) is 17.3 Å². The van der Waals surface area contributed by atoms with Crippen molar-refractivity contribution < 1.29 is 19.1 Å². The fourth-order valence-corrected chi connectivity index (χ4v) is 4.22. The van der Waals surface area contributed by atoms with Gasteiger partial charge in [0.1, 0.15) is 11.4 Å². The zero-order valence-electron chi connectivity index (χ0n) is 17.8. The van der Waals surface area contributed by atoms with Gasteiger partial charge in [0, 0.05) is 17.8 Å². The molecule has 1 saturated heterocycles. The summed E-state index contributed by atoms with van der Waals surface area (Å²) in [4.78, 5) is 28.4. The molecule has 2 aliphatic heterocycles. The van der Waals surface area contributed by atoms with Gasteiger partial charge in [-0.1, -0.05) is 0 Å². The molecule has 0 bridgehead atoms. The lowest BCUT2D eigenvalue weighted by atomic mass is 10.0. The number of carbonyl (C=O) groups is 1. The molecule has 9 nitrogen and oxygen atoms in total. The first-order valence-corrected chi connectivity index (χ1v) is 10.7. The highest BCUT2D eigenvalue weighted by Crippen LogP contribution is 2.49. The van der Waals surface area contributed by atoms with Gasteiger partial charge in [0.2, 0.25) is 5.88 Å². The summed E-state index contributed by atoms with van der Waals surface area (Å²) in [7, 11) is 1.39. The molecule has 1 aromatic carbocycles. The Morgan fingerprint density at radius 1 is 1.23 bits per heavy atom. The van der Waals surface area contributed by atoms with Crippen LogP contribution in [-0.2, 0) is 16.0 Å². The molecule has 1 aromatic heterocycles. The van der Waals surface area contributed by atoms with Crippen molar-refractivity contribution >= 4 is 17.5 Å². The molecule has 2 N–H and O–H groups in total. The average molecular weight is 425 g/mol. The lowest BCUT2D eigenvalue weighted by Crippen LogP contribution is -2.45.